The Labute approximate surface area is 125 Å². The molecule has 108 valence electrons. The summed E-state index contributed by atoms with van der Waals surface area (Å²) in [6.45, 7) is 0. The van der Waals surface area contributed by atoms with E-state index in [1.807, 2.05) is 0 Å². The maximum Gasteiger partial charge on any atom is 0.337 e. The molecule has 0 aromatic heterocycles. The largest absolute Gasteiger partial charge is 0.478 e. The zero-order chi connectivity index (χ0) is 15.4. The molecule has 0 aliphatic rings. The fourth-order valence-corrected chi connectivity index (χ4v) is 1.87. The number of carboxylic acids is 1. The van der Waals surface area contributed by atoms with Crippen molar-refractivity contribution >= 4 is 40.7 Å². The molecule has 0 bridgehead atoms. The van der Waals surface area contributed by atoms with Crippen LogP contribution in [-0.2, 0) is 0 Å². The van der Waals surface area contributed by atoms with Crippen LogP contribution in [0.25, 0.3) is 0 Å². The van der Waals surface area contributed by atoms with Gasteiger partial charge in [-0.1, -0.05) is 23.7 Å². The molecular formula is C14H12ClN3O3. The quantitative estimate of drug-likeness (QED) is 0.653. The van der Waals surface area contributed by atoms with Crippen LogP contribution in [0.5, 0.6) is 0 Å². The number of hydrogen-bond acceptors (Lipinski definition) is 3. The van der Waals surface area contributed by atoms with Gasteiger partial charge in [0.15, 0.2) is 0 Å². The van der Waals surface area contributed by atoms with Crippen LogP contribution in [0.1, 0.15) is 10.4 Å². The molecule has 0 saturated carbocycles. The molecular weight excluding hydrogens is 294 g/mol. The normalized spacial score (nSPS) is 9.95. The van der Waals surface area contributed by atoms with Crippen molar-refractivity contribution in [3.05, 3.63) is 53.1 Å². The zero-order valence-electron chi connectivity index (χ0n) is 10.8. The Morgan fingerprint density at radius 3 is 2.38 bits per heavy atom. The summed E-state index contributed by atoms with van der Waals surface area (Å²) in [6, 6.07) is 10.2. The highest BCUT2D eigenvalue weighted by Crippen LogP contribution is 2.22. The number of aromatic carboxylic acids is 1. The predicted molar refractivity (Wildman–Crippen MR) is 81.9 cm³/mol. The van der Waals surface area contributed by atoms with Gasteiger partial charge < -0.3 is 21.5 Å². The van der Waals surface area contributed by atoms with Gasteiger partial charge in [0.2, 0.25) is 0 Å². The molecule has 2 aromatic carbocycles. The number of halogens is 1. The molecule has 0 atom stereocenters. The minimum atomic E-state index is -1.16. The Kier molecular flexibility index (Phi) is 4.30. The molecule has 2 aromatic rings. The van der Waals surface area contributed by atoms with Gasteiger partial charge in [0.05, 0.1) is 22.0 Å². The third-order valence-corrected chi connectivity index (χ3v) is 2.97. The monoisotopic (exact) mass is 305 g/mol. The molecule has 0 radical (unpaired) electrons. The number of nitrogen functional groups attached to an aromatic ring is 1. The topological polar surface area (TPSA) is 104 Å². The second-order valence-electron chi connectivity index (χ2n) is 4.17. The van der Waals surface area contributed by atoms with E-state index in [9.17, 15) is 9.59 Å². The van der Waals surface area contributed by atoms with Gasteiger partial charge in [-0.3, -0.25) is 0 Å². The highest BCUT2D eigenvalue weighted by Gasteiger charge is 2.13. The Balaban J connectivity index is 2.18. The summed E-state index contributed by atoms with van der Waals surface area (Å²) >= 11 is 5.92. The van der Waals surface area contributed by atoms with Gasteiger partial charge in [0, 0.05) is 5.69 Å². The van der Waals surface area contributed by atoms with Gasteiger partial charge in [-0.15, -0.1) is 0 Å². The Morgan fingerprint density at radius 1 is 1.05 bits per heavy atom. The maximum absolute atomic E-state index is 11.9. The number of nitrogens with one attached hydrogen (secondary N) is 2. The fraction of sp³-hybridized carbons (Fsp3) is 0. The van der Waals surface area contributed by atoms with Crippen molar-refractivity contribution in [1.29, 1.82) is 0 Å². The molecule has 6 nitrogen and oxygen atoms in total. The lowest BCUT2D eigenvalue weighted by atomic mass is 10.1. The number of nitrogens with two attached hydrogens (primary N) is 1. The molecule has 0 unspecified atom stereocenters. The highest BCUT2D eigenvalue weighted by atomic mass is 35.5. The lowest BCUT2D eigenvalue weighted by molar-refractivity contribution is 0.0698. The van der Waals surface area contributed by atoms with Crippen LogP contribution >= 0.6 is 11.6 Å². The molecule has 21 heavy (non-hydrogen) atoms. The van der Waals surface area contributed by atoms with Crippen LogP contribution < -0.4 is 16.4 Å². The number of rotatable bonds is 3. The minimum Gasteiger partial charge on any atom is -0.478 e. The van der Waals surface area contributed by atoms with E-state index >= 15 is 0 Å². The van der Waals surface area contributed by atoms with Crippen LogP contribution in [-0.4, -0.2) is 17.1 Å². The first kappa shape index (κ1) is 14.7. The number of benzene rings is 2. The van der Waals surface area contributed by atoms with E-state index in [-0.39, 0.29) is 11.3 Å². The van der Waals surface area contributed by atoms with E-state index < -0.39 is 12.0 Å². The van der Waals surface area contributed by atoms with Gasteiger partial charge >= 0.3 is 12.0 Å². The summed E-state index contributed by atoms with van der Waals surface area (Å²) < 4.78 is 0. The summed E-state index contributed by atoms with van der Waals surface area (Å²) in [4.78, 5) is 23.0. The number of urea groups is 1. The number of para-hydroxylation sites is 1. The number of carbonyl (C=O) groups excluding carboxylic acids is 1. The Hall–Kier alpha value is -2.73. The van der Waals surface area contributed by atoms with Gasteiger partial charge in [-0.25, -0.2) is 9.59 Å². The lowest BCUT2D eigenvalue weighted by Gasteiger charge is -2.11. The van der Waals surface area contributed by atoms with Crippen molar-refractivity contribution in [2.45, 2.75) is 0 Å². The average molecular weight is 306 g/mol. The highest BCUT2D eigenvalue weighted by molar-refractivity contribution is 6.33. The molecule has 2 rings (SSSR count). The van der Waals surface area contributed by atoms with Gasteiger partial charge in [0.25, 0.3) is 0 Å². The first-order valence-electron chi connectivity index (χ1n) is 5.92. The maximum atomic E-state index is 11.9. The van der Waals surface area contributed by atoms with Crippen molar-refractivity contribution in [3.63, 3.8) is 0 Å². The lowest BCUT2D eigenvalue weighted by Crippen LogP contribution is -2.21. The molecule has 0 fully saturated rings. The third-order valence-electron chi connectivity index (χ3n) is 2.64. The van der Waals surface area contributed by atoms with Crippen LogP contribution in [0.3, 0.4) is 0 Å². The van der Waals surface area contributed by atoms with Crippen molar-refractivity contribution in [2.75, 3.05) is 16.4 Å². The fourth-order valence-electron chi connectivity index (χ4n) is 1.69. The third kappa shape index (κ3) is 3.64. The molecule has 0 spiro atoms. The van der Waals surface area contributed by atoms with Gasteiger partial charge in [0.1, 0.15) is 0 Å². The molecule has 2 amide bonds. The van der Waals surface area contributed by atoms with Crippen molar-refractivity contribution in [3.8, 4) is 0 Å². The van der Waals surface area contributed by atoms with Crippen LogP contribution in [0, 0.1) is 0 Å². The molecule has 0 heterocycles. The van der Waals surface area contributed by atoms with E-state index in [0.29, 0.717) is 16.4 Å². The molecule has 5 N–H and O–H groups in total. The average Bonchev–Trinajstić information content (AvgIpc) is 2.41. The molecule has 0 saturated heterocycles. The van der Waals surface area contributed by atoms with Crippen LogP contribution in [0.4, 0.5) is 21.9 Å². The smallest absolute Gasteiger partial charge is 0.337 e. The summed E-state index contributed by atoms with van der Waals surface area (Å²) in [7, 11) is 0. The summed E-state index contributed by atoms with van der Waals surface area (Å²) in [5.41, 5.74) is 6.40. The number of anilines is 3. The first-order valence-corrected chi connectivity index (χ1v) is 6.30. The van der Waals surface area contributed by atoms with Crippen molar-refractivity contribution in [1.82, 2.24) is 0 Å². The number of carbonyl (C=O) groups is 2. The summed E-state index contributed by atoms with van der Waals surface area (Å²) in [5.74, 6) is -1.16. The minimum absolute atomic E-state index is 0.0569. The van der Waals surface area contributed by atoms with E-state index in [1.54, 1.807) is 24.3 Å². The first-order chi connectivity index (χ1) is 9.97. The van der Waals surface area contributed by atoms with E-state index in [2.05, 4.69) is 10.6 Å². The molecule has 0 aliphatic heterocycles. The van der Waals surface area contributed by atoms with Crippen molar-refractivity contribution in [2.24, 2.45) is 0 Å². The van der Waals surface area contributed by atoms with E-state index in [4.69, 9.17) is 22.4 Å². The SMILES string of the molecule is Nc1ccc(C(=O)O)c(NC(=O)Nc2ccccc2Cl)c1. The molecule has 0 aliphatic carbocycles. The summed E-state index contributed by atoms with van der Waals surface area (Å²) in [6.07, 6.45) is 0. The van der Waals surface area contributed by atoms with Gasteiger partial charge in [-0.05, 0) is 30.3 Å². The Bertz CT molecular complexity index is 704. The van der Waals surface area contributed by atoms with Crippen LogP contribution in [0.2, 0.25) is 5.02 Å². The van der Waals surface area contributed by atoms with E-state index in [0.717, 1.165) is 0 Å². The number of amides is 2. The predicted octanol–water partition coefficient (Wildman–Crippen LogP) is 3.26. The number of carboxylic acid groups (broad SMARTS) is 1. The van der Waals surface area contributed by atoms with Crippen LogP contribution in [0.15, 0.2) is 42.5 Å². The summed E-state index contributed by atoms with van der Waals surface area (Å²) in [5, 5.41) is 14.4. The van der Waals surface area contributed by atoms with E-state index in [1.165, 1.54) is 18.2 Å². The Morgan fingerprint density at radius 2 is 1.71 bits per heavy atom. The molecule has 7 heteroatoms. The van der Waals surface area contributed by atoms with Crippen molar-refractivity contribution < 1.29 is 14.7 Å². The zero-order valence-corrected chi connectivity index (χ0v) is 11.5. The second kappa shape index (κ2) is 6.15. The standard InChI is InChI=1S/C14H12ClN3O3/c15-10-3-1-2-4-11(10)17-14(21)18-12-7-8(16)5-6-9(12)13(19)20/h1-7H,16H2,(H,19,20)(H2,17,18,21). The van der Waals surface area contributed by atoms with Gasteiger partial charge in [-0.2, -0.15) is 0 Å². The number of hydrogen-bond donors (Lipinski definition) is 4. The second-order valence-corrected chi connectivity index (χ2v) is 4.58.